The zero-order valence-electron chi connectivity index (χ0n) is 9.78. The van der Waals surface area contributed by atoms with Crippen molar-refractivity contribution < 1.29 is 9.90 Å². The van der Waals surface area contributed by atoms with E-state index in [-0.39, 0.29) is 11.5 Å². The summed E-state index contributed by atoms with van der Waals surface area (Å²) in [5.74, 6) is 0.0738. The van der Waals surface area contributed by atoms with Crippen LogP contribution in [0.1, 0.15) is 5.56 Å². The van der Waals surface area contributed by atoms with Gasteiger partial charge in [-0.15, -0.1) is 0 Å². The number of ketones is 1. The number of aromatic hydroxyl groups is 1. The third-order valence-electron chi connectivity index (χ3n) is 2.41. The van der Waals surface area contributed by atoms with Gasteiger partial charge in [0, 0.05) is 12.5 Å². The highest BCUT2D eigenvalue weighted by Gasteiger charge is 1.99. The van der Waals surface area contributed by atoms with E-state index >= 15 is 0 Å². The summed E-state index contributed by atoms with van der Waals surface area (Å²) in [6.07, 6.45) is 1.63. The first-order chi connectivity index (χ1) is 8.74. The number of benzene rings is 2. The molecule has 0 saturated carbocycles. The average molecular weight is 239 g/mol. The summed E-state index contributed by atoms with van der Waals surface area (Å²) >= 11 is 0. The highest BCUT2D eigenvalue weighted by atomic mass is 16.3. The second kappa shape index (κ2) is 5.77. The minimum atomic E-state index is -0.0652. The van der Waals surface area contributed by atoms with Crippen LogP contribution in [0.4, 0.5) is 5.69 Å². The molecule has 0 fully saturated rings. The van der Waals surface area contributed by atoms with Gasteiger partial charge >= 0.3 is 0 Å². The fourth-order valence-electron chi connectivity index (χ4n) is 1.56. The van der Waals surface area contributed by atoms with Gasteiger partial charge in [0.25, 0.3) is 0 Å². The molecule has 1 N–H and O–H groups in total. The highest BCUT2D eigenvalue weighted by Crippen LogP contribution is 2.17. The lowest BCUT2D eigenvalue weighted by atomic mass is 10.1. The van der Waals surface area contributed by atoms with Gasteiger partial charge < -0.3 is 5.11 Å². The van der Waals surface area contributed by atoms with Gasteiger partial charge in [-0.25, -0.2) is 0 Å². The molecule has 0 aromatic heterocycles. The van der Waals surface area contributed by atoms with Crippen LogP contribution < -0.4 is 0 Å². The molecule has 0 aliphatic heterocycles. The summed E-state index contributed by atoms with van der Waals surface area (Å²) in [7, 11) is 0. The van der Waals surface area contributed by atoms with Gasteiger partial charge in [0.15, 0.2) is 5.78 Å². The van der Waals surface area contributed by atoms with E-state index in [9.17, 15) is 9.90 Å². The van der Waals surface area contributed by atoms with Gasteiger partial charge in [-0.2, -0.15) is 0 Å². The molecule has 0 aliphatic carbocycles. The number of phenols is 1. The molecule has 0 heterocycles. The molecule has 0 amide bonds. The molecule has 2 aromatic rings. The lowest BCUT2D eigenvalue weighted by Crippen LogP contribution is -2.03. The Morgan fingerprint density at radius 3 is 2.61 bits per heavy atom. The second-order valence-corrected chi connectivity index (χ2v) is 3.91. The molecule has 3 nitrogen and oxygen atoms in total. The van der Waals surface area contributed by atoms with E-state index in [0.717, 1.165) is 5.56 Å². The van der Waals surface area contributed by atoms with E-state index in [1.165, 1.54) is 12.3 Å². The molecule has 0 radical (unpaired) electrons. The van der Waals surface area contributed by atoms with Gasteiger partial charge in [-0.05, 0) is 17.7 Å². The fourth-order valence-corrected chi connectivity index (χ4v) is 1.56. The number of rotatable bonds is 4. The van der Waals surface area contributed by atoms with E-state index < -0.39 is 0 Å². The summed E-state index contributed by atoms with van der Waals surface area (Å²) in [5, 5.41) is 9.25. The quantitative estimate of drug-likeness (QED) is 0.834. The van der Waals surface area contributed by atoms with Crippen molar-refractivity contribution in [3.63, 3.8) is 0 Å². The summed E-state index contributed by atoms with van der Waals surface area (Å²) in [4.78, 5) is 15.7. The average Bonchev–Trinajstić information content (AvgIpc) is 2.38. The Hall–Kier alpha value is -2.42. The predicted molar refractivity (Wildman–Crippen MR) is 71.4 cm³/mol. The van der Waals surface area contributed by atoms with Crippen LogP contribution >= 0.6 is 0 Å². The SMILES string of the molecule is O=C(C=Nc1cccc(O)c1)Cc1ccccc1. The third kappa shape index (κ3) is 3.56. The van der Waals surface area contributed by atoms with Crippen molar-refractivity contribution in [2.45, 2.75) is 6.42 Å². The van der Waals surface area contributed by atoms with Crippen LogP contribution in [0.2, 0.25) is 0 Å². The standard InChI is InChI=1S/C15H13NO2/c17-14-8-4-7-13(10-14)16-11-15(18)9-12-5-2-1-3-6-12/h1-8,10-11,17H,9H2. The van der Waals surface area contributed by atoms with E-state index in [4.69, 9.17) is 0 Å². The van der Waals surface area contributed by atoms with Crippen molar-refractivity contribution in [1.82, 2.24) is 0 Å². The molecule has 3 heteroatoms. The Labute approximate surface area is 105 Å². The smallest absolute Gasteiger partial charge is 0.178 e. The van der Waals surface area contributed by atoms with E-state index in [2.05, 4.69) is 4.99 Å². The summed E-state index contributed by atoms with van der Waals surface area (Å²) in [5.41, 5.74) is 1.53. The molecule has 18 heavy (non-hydrogen) atoms. The maximum absolute atomic E-state index is 11.7. The topological polar surface area (TPSA) is 49.7 Å². The zero-order valence-corrected chi connectivity index (χ0v) is 9.78. The van der Waals surface area contributed by atoms with Gasteiger partial charge in [-0.1, -0.05) is 36.4 Å². The molecule has 0 bridgehead atoms. The Balaban J connectivity index is 1.99. The van der Waals surface area contributed by atoms with Crippen LogP contribution in [0, 0.1) is 0 Å². The normalized spacial score (nSPS) is 10.7. The van der Waals surface area contributed by atoms with Gasteiger partial charge in [0.05, 0.1) is 11.9 Å². The molecule has 0 aliphatic rings. The summed E-state index contributed by atoms with van der Waals surface area (Å²) in [6, 6.07) is 16.0. The molecule has 0 atom stereocenters. The molecule has 90 valence electrons. The number of carbonyl (C=O) groups excluding carboxylic acids is 1. The molecule has 2 rings (SSSR count). The first-order valence-corrected chi connectivity index (χ1v) is 5.64. The van der Waals surface area contributed by atoms with Crippen LogP contribution in [0.25, 0.3) is 0 Å². The Morgan fingerprint density at radius 2 is 1.89 bits per heavy atom. The number of hydrogen-bond acceptors (Lipinski definition) is 3. The zero-order chi connectivity index (χ0) is 12.8. The van der Waals surface area contributed by atoms with Gasteiger partial charge in [0.1, 0.15) is 5.75 Å². The third-order valence-corrected chi connectivity index (χ3v) is 2.41. The van der Waals surface area contributed by atoms with Gasteiger partial charge in [0.2, 0.25) is 0 Å². The van der Waals surface area contributed by atoms with Crippen molar-refractivity contribution in [3.05, 3.63) is 60.2 Å². The second-order valence-electron chi connectivity index (χ2n) is 3.91. The Kier molecular flexibility index (Phi) is 3.86. The first-order valence-electron chi connectivity index (χ1n) is 5.64. The van der Waals surface area contributed by atoms with E-state index in [1.54, 1.807) is 18.2 Å². The predicted octanol–water partition coefficient (Wildman–Crippen LogP) is 2.91. The number of hydrogen-bond donors (Lipinski definition) is 1. The number of nitrogens with zero attached hydrogens (tertiary/aromatic N) is 1. The van der Waals surface area contributed by atoms with Crippen molar-refractivity contribution in [3.8, 4) is 5.75 Å². The van der Waals surface area contributed by atoms with Gasteiger partial charge in [-0.3, -0.25) is 9.79 Å². The van der Waals surface area contributed by atoms with E-state index in [0.29, 0.717) is 12.1 Å². The van der Waals surface area contributed by atoms with Crippen molar-refractivity contribution in [2.75, 3.05) is 0 Å². The van der Waals surface area contributed by atoms with Crippen molar-refractivity contribution in [2.24, 2.45) is 4.99 Å². The molecule has 0 spiro atoms. The largest absolute Gasteiger partial charge is 0.508 e. The van der Waals surface area contributed by atoms with Crippen molar-refractivity contribution in [1.29, 1.82) is 0 Å². The summed E-state index contributed by atoms with van der Waals surface area (Å²) < 4.78 is 0. The lowest BCUT2D eigenvalue weighted by molar-refractivity contribution is -0.112. The van der Waals surface area contributed by atoms with Crippen LogP contribution in [-0.4, -0.2) is 17.1 Å². The highest BCUT2D eigenvalue weighted by molar-refractivity contribution is 6.28. The maximum Gasteiger partial charge on any atom is 0.178 e. The summed E-state index contributed by atoms with van der Waals surface area (Å²) in [6.45, 7) is 0. The maximum atomic E-state index is 11.7. The monoisotopic (exact) mass is 239 g/mol. The minimum absolute atomic E-state index is 0.0652. The Bertz CT molecular complexity index is 562. The van der Waals surface area contributed by atoms with Crippen LogP contribution in [0.3, 0.4) is 0 Å². The molecular weight excluding hydrogens is 226 g/mol. The molecule has 0 unspecified atom stereocenters. The number of carbonyl (C=O) groups is 1. The van der Waals surface area contributed by atoms with Crippen LogP contribution in [-0.2, 0) is 11.2 Å². The Morgan fingerprint density at radius 1 is 1.11 bits per heavy atom. The number of phenolic OH excluding ortho intramolecular Hbond substituents is 1. The lowest BCUT2D eigenvalue weighted by Gasteiger charge is -1.97. The molecular formula is C15H13NO2. The number of Topliss-reactive ketones (excluding diaryl/α,β-unsaturated/α-hetero) is 1. The van der Waals surface area contributed by atoms with E-state index in [1.807, 2.05) is 30.3 Å². The van der Waals surface area contributed by atoms with Crippen LogP contribution in [0.5, 0.6) is 5.75 Å². The fraction of sp³-hybridized carbons (Fsp3) is 0.0667. The van der Waals surface area contributed by atoms with Crippen molar-refractivity contribution >= 4 is 17.7 Å². The number of aliphatic imine (C=N–C) groups is 1. The first kappa shape index (κ1) is 12.0. The minimum Gasteiger partial charge on any atom is -0.508 e. The molecule has 0 saturated heterocycles. The molecule has 2 aromatic carbocycles. The van der Waals surface area contributed by atoms with Crippen LogP contribution in [0.15, 0.2) is 59.6 Å².